The van der Waals surface area contributed by atoms with Gasteiger partial charge in [-0.05, 0) is 72.4 Å². The van der Waals surface area contributed by atoms with E-state index in [1.54, 1.807) is 31.2 Å². The van der Waals surface area contributed by atoms with Crippen LogP contribution in [-0.4, -0.2) is 41.0 Å². The number of aliphatic hydroxyl groups excluding tert-OH is 1. The predicted octanol–water partition coefficient (Wildman–Crippen LogP) is 7.27. The molecule has 4 aromatic rings. The van der Waals surface area contributed by atoms with E-state index in [2.05, 4.69) is 49.5 Å². The van der Waals surface area contributed by atoms with Crippen LogP contribution >= 0.6 is 0 Å². The first-order valence-corrected chi connectivity index (χ1v) is 13.4. The molecule has 4 aromatic carbocycles. The van der Waals surface area contributed by atoms with Crippen molar-refractivity contribution in [3.63, 3.8) is 0 Å². The van der Waals surface area contributed by atoms with Gasteiger partial charge in [0, 0.05) is 12.1 Å². The van der Waals surface area contributed by atoms with Crippen LogP contribution in [0.3, 0.4) is 0 Å². The van der Waals surface area contributed by atoms with Crippen molar-refractivity contribution in [2.75, 3.05) is 13.2 Å². The molecule has 0 heterocycles. The number of aliphatic hydroxyl groups is 1. The number of nitrogens with one attached hydrogen (secondary N) is 1. The Bertz CT molecular complexity index is 1520. The number of fused-ring (bicyclic) bond motifs is 1. The second-order valence-electron chi connectivity index (χ2n) is 10.9. The van der Waals surface area contributed by atoms with E-state index >= 15 is 0 Å². The molecule has 0 radical (unpaired) electrons. The normalized spacial score (nSPS) is 13.7. The van der Waals surface area contributed by atoms with Crippen LogP contribution in [0.25, 0.3) is 21.9 Å². The lowest BCUT2D eigenvalue weighted by atomic mass is 9.93. The highest BCUT2D eigenvalue weighted by molar-refractivity contribution is 5.90. The van der Waals surface area contributed by atoms with Crippen LogP contribution in [0.5, 0.6) is 0 Å². The number of carbonyl (C=O) groups is 1. The van der Waals surface area contributed by atoms with Gasteiger partial charge in [0.25, 0.3) is 0 Å². The SMILES string of the molecule is CC(OC[C@@H](O)CNC(C)(C)Cc1ccc2ccccc2c1)c1ccccc1-c1ccc(C(=O)O)c(C(F)(F)F)c1. The summed E-state index contributed by atoms with van der Waals surface area (Å²) in [5.74, 6) is -1.64. The summed E-state index contributed by atoms with van der Waals surface area (Å²) in [6.07, 6.45) is -5.41. The summed E-state index contributed by atoms with van der Waals surface area (Å²) in [5, 5.41) is 25.6. The molecule has 41 heavy (non-hydrogen) atoms. The summed E-state index contributed by atoms with van der Waals surface area (Å²) >= 11 is 0. The Kier molecular flexibility index (Phi) is 9.17. The zero-order valence-electron chi connectivity index (χ0n) is 23.2. The van der Waals surface area contributed by atoms with Crippen molar-refractivity contribution in [2.24, 2.45) is 0 Å². The van der Waals surface area contributed by atoms with Gasteiger partial charge in [-0.25, -0.2) is 4.79 Å². The number of alkyl halides is 3. The summed E-state index contributed by atoms with van der Waals surface area (Å²) in [4.78, 5) is 11.3. The highest BCUT2D eigenvalue weighted by Crippen LogP contribution is 2.37. The smallest absolute Gasteiger partial charge is 0.417 e. The average molecular weight is 566 g/mol. The molecular formula is C33H34F3NO4. The first-order chi connectivity index (χ1) is 19.3. The minimum Gasteiger partial charge on any atom is -0.478 e. The highest BCUT2D eigenvalue weighted by atomic mass is 19.4. The van der Waals surface area contributed by atoms with Gasteiger partial charge in [0.05, 0.1) is 29.9 Å². The molecule has 216 valence electrons. The Balaban J connectivity index is 1.39. The zero-order valence-corrected chi connectivity index (χ0v) is 23.2. The van der Waals surface area contributed by atoms with E-state index in [1.165, 1.54) is 22.4 Å². The van der Waals surface area contributed by atoms with Crippen LogP contribution in [0, 0.1) is 0 Å². The lowest BCUT2D eigenvalue weighted by Gasteiger charge is -2.28. The van der Waals surface area contributed by atoms with Crippen LogP contribution < -0.4 is 5.32 Å². The second kappa shape index (κ2) is 12.4. The van der Waals surface area contributed by atoms with Crippen LogP contribution in [0.4, 0.5) is 13.2 Å². The van der Waals surface area contributed by atoms with Gasteiger partial charge in [0.1, 0.15) is 0 Å². The van der Waals surface area contributed by atoms with Crippen molar-refractivity contribution in [3.05, 3.63) is 107 Å². The van der Waals surface area contributed by atoms with Crippen molar-refractivity contribution >= 4 is 16.7 Å². The number of hydrogen-bond acceptors (Lipinski definition) is 4. The third-order valence-electron chi connectivity index (χ3n) is 7.08. The largest absolute Gasteiger partial charge is 0.478 e. The Morgan fingerprint density at radius 1 is 0.927 bits per heavy atom. The van der Waals surface area contributed by atoms with Crippen molar-refractivity contribution in [2.45, 2.75) is 51.1 Å². The minimum absolute atomic E-state index is 0.0142. The maximum absolute atomic E-state index is 13.6. The van der Waals surface area contributed by atoms with E-state index in [0.29, 0.717) is 17.7 Å². The molecule has 0 amide bonds. The Labute approximate surface area is 237 Å². The lowest BCUT2D eigenvalue weighted by Crippen LogP contribution is -2.46. The van der Waals surface area contributed by atoms with E-state index < -0.39 is 35.5 Å². The van der Waals surface area contributed by atoms with Gasteiger partial charge in [-0.3, -0.25) is 0 Å². The van der Waals surface area contributed by atoms with Gasteiger partial charge in [-0.2, -0.15) is 13.2 Å². The Hall–Kier alpha value is -3.72. The van der Waals surface area contributed by atoms with Crippen molar-refractivity contribution < 1.29 is 32.9 Å². The van der Waals surface area contributed by atoms with Crippen LogP contribution in [0.2, 0.25) is 0 Å². The number of carboxylic acids is 1. The van der Waals surface area contributed by atoms with Gasteiger partial charge in [0.15, 0.2) is 0 Å². The maximum Gasteiger partial charge on any atom is 0.417 e. The zero-order chi connectivity index (χ0) is 29.8. The van der Waals surface area contributed by atoms with Crippen LogP contribution in [0.1, 0.15) is 53.9 Å². The van der Waals surface area contributed by atoms with Gasteiger partial charge in [0.2, 0.25) is 0 Å². The first kappa shape index (κ1) is 30.2. The van der Waals surface area contributed by atoms with Gasteiger partial charge < -0.3 is 20.3 Å². The minimum atomic E-state index is -4.82. The maximum atomic E-state index is 13.6. The number of rotatable bonds is 11. The van der Waals surface area contributed by atoms with Crippen LogP contribution in [0.15, 0.2) is 84.9 Å². The molecule has 0 saturated heterocycles. The molecule has 8 heteroatoms. The fourth-order valence-corrected chi connectivity index (χ4v) is 4.97. The number of β-amino-alcohol motifs (C(OH)–C–C–N with tert-alkyl or cyclic N) is 1. The fourth-order valence-electron chi connectivity index (χ4n) is 4.97. The molecule has 0 saturated carbocycles. The number of carboxylic acid groups (broad SMARTS) is 1. The molecule has 2 atom stereocenters. The number of hydrogen-bond donors (Lipinski definition) is 3. The van der Waals surface area contributed by atoms with E-state index in [4.69, 9.17) is 4.74 Å². The monoisotopic (exact) mass is 565 g/mol. The van der Waals surface area contributed by atoms with Gasteiger partial charge in [-0.1, -0.05) is 72.8 Å². The second-order valence-corrected chi connectivity index (χ2v) is 10.9. The molecule has 0 aliphatic rings. The molecule has 0 aliphatic heterocycles. The van der Waals surface area contributed by atoms with Crippen LogP contribution in [-0.2, 0) is 17.3 Å². The summed E-state index contributed by atoms with van der Waals surface area (Å²) in [5.41, 5.74) is 0.223. The number of aromatic carboxylic acids is 1. The quantitative estimate of drug-likeness (QED) is 0.178. The van der Waals surface area contributed by atoms with Gasteiger partial charge >= 0.3 is 12.1 Å². The molecule has 0 aliphatic carbocycles. The molecule has 5 nitrogen and oxygen atoms in total. The number of benzene rings is 4. The predicted molar refractivity (Wildman–Crippen MR) is 154 cm³/mol. The Morgan fingerprint density at radius 3 is 2.32 bits per heavy atom. The molecule has 0 aromatic heterocycles. The van der Waals surface area contributed by atoms with E-state index in [9.17, 15) is 28.2 Å². The summed E-state index contributed by atoms with van der Waals surface area (Å²) < 4.78 is 46.7. The molecule has 0 fully saturated rings. The average Bonchev–Trinajstić information content (AvgIpc) is 2.93. The number of halogens is 3. The molecule has 4 rings (SSSR count). The lowest BCUT2D eigenvalue weighted by molar-refractivity contribution is -0.138. The van der Waals surface area contributed by atoms with Gasteiger partial charge in [-0.15, -0.1) is 0 Å². The molecule has 1 unspecified atom stereocenters. The van der Waals surface area contributed by atoms with E-state index in [0.717, 1.165) is 18.6 Å². The summed E-state index contributed by atoms with van der Waals surface area (Å²) in [7, 11) is 0. The van der Waals surface area contributed by atoms with Crippen molar-refractivity contribution in [1.29, 1.82) is 0 Å². The topological polar surface area (TPSA) is 78.8 Å². The summed E-state index contributed by atoms with van der Waals surface area (Å²) in [6, 6.07) is 24.6. The highest BCUT2D eigenvalue weighted by Gasteiger charge is 2.36. The van der Waals surface area contributed by atoms with Crippen molar-refractivity contribution in [1.82, 2.24) is 5.32 Å². The summed E-state index contributed by atoms with van der Waals surface area (Å²) in [6.45, 7) is 6.21. The van der Waals surface area contributed by atoms with E-state index in [1.807, 2.05) is 12.1 Å². The standard InChI is InChI=1S/C33H34F3NO4/c1-21(27-10-6-7-11-28(27)25-14-15-29(31(39)40)30(17-25)33(34,35)36)41-20-26(38)19-37-32(2,3)18-22-12-13-23-8-4-5-9-24(23)16-22/h4-17,21,26,37-38H,18-20H2,1-3H3,(H,39,40)/t21?,26-/m0/s1. The third kappa shape index (κ3) is 7.73. The fraction of sp³-hybridized carbons (Fsp3) is 0.303. The molecular weight excluding hydrogens is 531 g/mol. The third-order valence-corrected chi connectivity index (χ3v) is 7.08. The van der Waals surface area contributed by atoms with Crippen molar-refractivity contribution in [3.8, 4) is 11.1 Å². The first-order valence-electron chi connectivity index (χ1n) is 13.4. The molecule has 3 N–H and O–H groups in total. The molecule has 0 bridgehead atoms. The Morgan fingerprint density at radius 2 is 1.61 bits per heavy atom. The van der Waals surface area contributed by atoms with E-state index in [-0.39, 0.29) is 17.7 Å². The molecule has 0 spiro atoms. The number of ether oxygens (including phenoxy) is 1.